The van der Waals surface area contributed by atoms with E-state index < -0.39 is 17.1 Å². The number of aromatic nitrogens is 2. The standard InChI is InChI=1S/C19H26FN5O2/c1-10-16-14(24(13-4-5-13)19(27)25(21)18(16)26)8-15(17(10)20)23-7-6-12(9-23)11(2)22-3/h8,11-13,22H,4-7,9,21H2,1-3H3/t11-,12-/m0/s1. The van der Waals surface area contributed by atoms with Crippen molar-refractivity contribution in [3.63, 3.8) is 0 Å². The van der Waals surface area contributed by atoms with Crippen LogP contribution in [0.3, 0.4) is 0 Å². The van der Waals surface area contributed by atoms with Gasteiger partial charge in [0, 0.05) is 30.7 Å². The Kier molecular flexibility index (Phi) is 4.25. The van der Waals surface area contributed by atoms with Gasteiger partial charge in [0.15, 0.2) is 0 Å². The van der Waals surface area contributed by atoms with Crippen molar-refractivity contribution >= 4 is 16.6 Å². The SMILES string of the molecule is CN[C@@H](C)[C@H]1CCN(c2cc3c(c(C)c2F)c(=O)n(N)c(=O)n3C2CC2)C1. The van der Waals surface area contributed by atoms with Gasteiger partial charge in [0.05, 0.1) is 16.6 Å². The highest BCUT2D eigenvalue weighted by Crippen LogP contribution is 2.38. The van der Waals surface area contributed by atoms with Crippen molar-refractivity contribution in [1.82, 2.24) is 14.6 Å². The molecule has 0 spiro atoms. The molecule has 2 fully saturated rings. The maximum atomic E-state index is 15.2. The van der Waals surface area contributed by atoms with Crippen LogP contribution in [0, 0.1) is 18.7 Å². The third kappa shape index (κ3) is 2.74. The molecule has 3 N–H and O–H groups in total. The van der Waals surface area contributed by atoms with E-state index in [1.807, 2.05) is 11.9 Å². The highest BCUT2D eigenvalue weighted by atomic mass is 19.1. The lowest BCUT2D eigenvalue weighted by Crippen LogP contribution is -2.44. The van der Waals surface area contributed by atoms with Gasteiger partial charge in [0.2, 0.25) is 0 Å². The molecule has 2 heterocycles. The molecule has 1 aliphatic heterocycles. The largest absolute Gasteiger partial charge is 0.369 e. The van der Waals surface area contributed by atoms with Gasteiger partial charge in [0.1, 0.15) is 5.82 Å². The van der Waals surface area contributed by atoms with Crippen molar-refractivity contribution < 1.29 is 4.39 Å². The molecule has 0 bridgehead atoms. The number of fused-ring (bicyclic) bond motifs is 1. The topological polar surface area (TPSA) is 85.3 Å². The minimum atomic E-state index is -0.641. The van der Waals surface area contributed by atoms with Gasteiger partial charge in [-0.1, -0.05) is 0 Å². The number of aryl methyl sites for hydroxylation is 1. The van der Waals surface area contributed by atoms with Crippen LogP contribution in [0.15, 0.2) is 15.7 Å². The van der Waals surface area contributed by atoms with E-state index in [1.54, 1.807) is 17.6 Å². The van der Waals surface area contributed by atoms with Crippen molar-refractivity contribution in [2.24, 2.45) is 5.92 Å². The summed E-state index contributed by atoms with van der Waals surface area (Å²) in [5, 5.41) is 3.46. The zero-order chi connectivity index (χ0) is 19.5. The third-order valence-corrected chi connectivity index (χ3v) is 6.20. The third-order valence-electron chi connectivity index (χ3n) is 6.20. The molecule has 7 nitrogen and oxygen atoms in total. The first-order valence-electron chi connectivity index (χ1n) is 9.52. The first-order chi connectivity index (χ1) is 12.8. The average molecular weight is 375 g/mol. The molecule has 1 saturated carbocycles. The second-order valence-electron chi connectivity index (χ2n) is 7.86. The molecule has 8 heteroatoms. The average Bonchev–Trinajstić information content (AvgIpc) is 3.37. The van der Waals surface area contributed by atoms with E-state index in [9.17, 15) is 9.59 Å². The van der Waals surface area contributed by atoms with Crippen LogP contribution in [0.1, 0.15) is 37.8 Å². The summed E-state index contributed by atoms with van der Waals surface area (Å²) < 4.78 is 17.4. The zero-order valence-corrected chi connectivity index (χ0v) is 16.0. The number of anilines is 1. The highest BCUT2D eigenvalue weighted by Gasteiger charge is 2.32. The summed E-state index contributed by atoms with van der Waals surface area (Å²) in [5.41, 5.74) is 0.0428. The fraction of sp³-hybridized carbons (Fsp3) is 0.579. The Morgan fingerprint density at radius 2 is 2.00 bits per heavy atom. The van der Waals surface area contributed by atoms with E-state index in [2.05, 4.69) is 12.2 Å². The Balaban J connectivity index is 1.90. The Bertz CT molecular complexity index is 1020. The molecule has 2 aromatic rings. The van der Waals surface area contributed by atoms with Gasteiger partial charge >= 0.3 is 5.69 Å². The number of hydrogen-bond acceptors (Lipinski definition) is 5. The molecule has 1 aliphatic carbocycles. The second-order valence-corrected chi connectivity index (χ2v) is 7.86. The summed E-state index contributed by atoms with van der Waals surface area (Å²) in [6.07, 6.45) is 2.70. The summed E-state index contributed by atoms with van der Waals surface area (Å²) in [6.45, 7) is 5.21. The minimum Gasteiger partial charge on any atom is -0.369 e. The van der Waals surface area contributed by atoms with Crippen LogP contribution in [-0.2, 0) is 0 Å². The number of nitrogens with two attached hydrogens (primary N) is 1. The molecule has 0 amide bonds. The van der Waals surface area contributed by atoms with Crippen molar-refractivity contribution in [3.05, 3.63) is 38.3 Å². The van der Waals surface area contributed by atoms with Crippen LogP contribution in [0.4, 0.5) is 10.1 Å². The predicted molar refractivity (Wildman–Crippen MR) is 104 cm³/mol. The fourth-order valence-electron chi connectivity index (χ4n) is 4.21. The van der Waals surface area contributed by atoms with Gasteiger partial charge in [-0.2, -0.15) is 4.68 Å². The van der Waals surface area contributed by atoms with E-state index in [4.69, 9.17) is 5.84 Å². The molecule has 146 valence electrons. The minimum absolute atomic E-state index is 0.0313. The molecular formula is C19H26FN5O2. The Morgan fingerprint density at radius 3 is 2.63 bits per heavy atom. The Morgan fingerprint density at radius 1 is 1.30 bits per heavy atom. The summed E-state index contributed by atoms with van der Waals surface area (Å²) >= 11 is 0. The molecule has 0 unspecified atom stereocenters. The summed E-state index contributed by atoms with van der Waals surface area (Å²) in [6, 6.07) is 2.04. The first-order valence-corrected chi connectivity index (χ1v) is 9.52. The van der Waals surface area contributed by atoms with E-state index in [0.29, 0.717) is 27.8 Å². The van der Waals surface area contributed by atoms with Crippen molar-refractivity contribution in [1.29, 1.82) is 0 Å². The molecule has 1 aromatic carbocycles. The number of halogens is 1. The van der Waals surface area contributed by atoms with Gasteiger partial charge in [-0.15, -0.1) is 0 Å². The number of rotatable bonds is 4. The lowest BCUT2D eigenvalue weighted by atomic mass is 10.0. The van der Waals surface area contributed by atoms with Crippen LogP contribution in [-0.4, -0.2) is 35.4 Å². The highest BCUT2D eigenvalue weighted by molar-refractivity contribution is 5.86. The number of nitrogen functional groups attached to an aromatic ring is 1. The molecule has 0 radical (unpaired) electrons. The van der Waals surface area contributed by atoms with Crippen LogP contribution in [0.25, 0.3) is 10.9 Å². The van der Waals surface area contributed by atoms with E-state index in [1.165, 1.54) is 0 Å². The molecule has 2 aliphatic rings. The predicted octanol–water partition coefficient (Wildman–Crippen LogP) is 1.09. The van der Waals surface area contributed by atoms with Crippen LogP contribution < -0.4 is 27.3 Å². The van der Waals surface area contributed by atoms with Gasteiger partial charge < -0.3 is 16.1 Å². The Labute approximate surface area is 156 Å². The molecule has 4 rings (SSSR count). The summed E-state index contributed by atoms with van der Waals surface area (Å²) in [5.74, 6) is 5.71. The van der Waals surface area contributed by atoms with Crippen molar-refractivity contribution in [3.8, 4) is 0 Å². The van der Waals surface area contributed by atoms with Gasteiger partial charge in [-0.25, -0.2) is 9.18 Å². The number of nitrogens with zero attached hydrogens (tertiary/aromatic N) is 3. The number of benzene rings is 1. The van der Waals surface area contributed by atoms with Gasteiger partial charge in [-0.05, 0) is 52.1 Å². The van der Waals surface area contributed by atoms with Gasteiger partial charge in [0.25, 0.3) is 5.56 Å². The van der Waals surface area contributed by atoms with E-state index in [-0.39, 0.29) is 17.0 Å². The fourth-order valence-corrected chi connectivity index (χ4v) is 4.21. The smallest absolute Gasteiger partial charge is 0.350 e. The normalized spacial score (nSPS) is 21.2. The number of hydrogen-bond donors (Lipinski definition) is 2. The monoisotopic (exact) mass is 375 g/mol. The number of nitrogens with one attached hydrogen (secondary N) is 1. The van der Waals surface area contributed by atoms with Gasteiger partial charge in [-0.3, -0.25) is 9.36 Å². The van der Waals surface area contributed by atoms with Crippen LogP contribution in [0.2, 0.25) is 0 Å². The molecule has 2 atom stereocenters. The summed E-state index contributed by atoms with van der Waals surface area (Å²) in [7, 11) is 1.93. The maximum Gasteiger partial charge on any atom is 0.350 e. The maximum absolute atomic E-state index is 15.2. The van der Waals surface area contributed by atoms with Crippen molar-refractivity contribution in [2.45, 2.75) is 45.2 Å². The van der Waals surface area contributed by atoms with Crippen molar-refractivity contribution in [2.75, 3.05) is 30.9 Å². The van der Waals surface area contributed by atoms with Crippen LogP contribution in [0.5, 0.6) is 0 Å². The molecule has 27 heavy (non-hydrogen) atoms. The molecule has 1 aromatic heterocycles. The van der Waals surface area contributed by atoms with E-state index >= 15 is 4.39 Å². The molecular weight excluding hydrogens is 349 g/mol. The lowest BCUT2D eigenvalue weighted by molar-refractivity contribution is 0.428. The van der Waals surface area contributed by atoms with E-state index in [0.717, 1.165) is 32.4 Å². The Hall–Kier alpha value is -2.35. The first kappa shape index (κ1) is 18.0. The van der Waals surface area contributed by atoms with Crippen LogP contribution >= 0.6 is 0 Å². The zero-order valence-electron chi connectivity index (χ0n) is 16.0. The molecule has 1 saturated heterocycles. The quantitative estimate of drug-likeness (QED) is 0.782. The second kappa shape index (κ2) is 6.37. The summed E-state index contributed by atoms with van der Waals surface area (Å²) in [4.78, 5) is 27.2. The lowest BCUT2D eigenvalue weighted by Gasteiger charge is -2.24.